The van der Waals surface area contributed by atoms with Gasteiger partial charge in [0.05, 0.1) is 17.0 Å². The molecular weight excluding hydrogens is 413 g/mol. The number of nitrogens with one attached hydrogen (secondary N) is 1. The molecule has 1 saturated carbocycles. The predicted molar refractivity (Wildman–Crippen MR) is 94.6 cm³/mol. The van der Waals surface area contributed by atoms with E-state index in [1.165, 1.54) is 0 Å². The summed E-state index contributed by atoms with van der Waals surface area (Å²) in [5, 5.41) is 11.2. The highest BCUT2D eigenvalue weighted by Gasteiger charge is 2.70. The molecule has 2 rings (SSSR count). The Hall–Kier alpha value is -1.23. The van der Waals surface area contributed by atoms with Gasteiger partial charge in [0.1, 0.15) is 0 Å². The van der Waals surface area contributed by atoms with Crippen molar-refractivity contribution >= 4 is 52.7 Å². The fraction of sp³-hybridized carbons (Fsp3) is 0.769. The molecular formula is C13H23Cl2N3O7S. The van der Waals surface area contributed by atoms with Crippen LogP contribution in [0.5, 0.6) is 0 Å². The van der Waals surface area contributed by atoms with Crippen LogP contribution in [0.2, 0.25) is 0 Å². The van der Waals surface area contributed by atoms with E-state index in [1.807, 2.05) is 0 Å². The first-order valence-corrected chi connectivity index (χ1v) is 9.09. The van der Waals surface area contributed by atoms with Crippen molar-refractivity contribution < 1.29 is 32.7 Å². The van der Waals surface area contributed by atoms with Crippen LogP contribution >= 0.6 is 24.8 Å². The Kier molecular flexibility index (Phi) is 11.2. The van der Waals surface area contributed by atoms with Gasteiger partial charge in [-0.15, -0.1) is 24.8 Å². The molecule has 1 aliphatic carbocycles. The number of rotatable bonds is 7. The number of unbranched alkanes of at least 4 members (excludes halogenated alkanes) is 1. The number of aliphatic carboxylic acids is 1. The molecule has 10 nitrogen and oxygen atoms in total. The number of hydrogen-bond donors (Lipinski definition) is 4. The molecule has 0 spiro atoms. The number of amides is 1. The lowest BCUT2D eigenvalue weighted by atomic mass is 9.95. The first-order valence-electron chi connectivity index (χ1n) is 7.38. The minimum atomic E-state index is -3.45. The highest BCUT2D eigenvalue weighted by molar-refractivity contribution is 7.92. The van der Waals surface area contributed by atoms with E-state index in [1.54, 1.807) is 0 Å². The zero-order chi connectivity index (χ0) is 18.5. The van der Waals surface area contributed by atoms with Gasteiger partial charge in [0.15, 0.2) is 15.4 Å². The summed E-state index contributed by atoms with van der Waals surface area (Å²) in [6, 6.07) is -0.853. The topological polar surface area (TPSA) is 187 Å². The molecule has 0 unspecified atom stereocenters. The molecule has 0 aromatic heterocycles. The number of fused-ring (bicyclic) bond motifs is 1. The molecule has 0 radical (unpaired) electrons. The van der Waals surface area contributed by atoms with Gasteiger partial charge >= 0.3 is 12.1 Å². The SMILES string of the molecule is Cl.Cl.NCCCC[C@H](N)C(=O)N[C@@]1(C(=O)O)CS(=O)(=O)[C@H]2C[C@H]21.O=C=O. The average Bonchev–Trinajstić information content (AvgIpc) is 3.24. The molecule has 1 aliphatic heterocycles. The second kappa shape index (κ2) is 10.8. The smallest absolute Gasteiger partial charge is 0.373 e. The van der Waals surface area contributed by atoms with Crippen LogP contribution in [0.1, 0.15) is 25.7 Å². The molecule has 1 amide bonds. The van der Waals surface area contributed by atoms with Crippen molar-refractivity contribution in [3.8, 4) is 0 Å². The lowest BCUT2D eigenvalue weighted by Gasteiger charge is -2.28. The maximum atomic E-state index is 12.1. The average molecular weight is 436 g/mol. The van der Waals surface area contributed by atoms with Crippen molar-refractivity contribution in [2.24, 2.45) is 17.4 Å². The molecule has 0 bridgehead atoms. The Balaban J connectivity index is 0. The summed E-state index contributed by atoms with van der Waals surface area (Å²) in [4.78, 5) is 39.8. The molecule has 152 valence electrons. The molecule has 0 aromatic rings. The van der Waals surface area contributed by atoms with Crippen LogP contribution in [0.25, 0.3) is 0 Å². The second-order valence-corrected chi connectivity index (χ2v) is 8.15. The molecule has 2 aliphatic rings. The molecule has 0 aromatic carbocycles. The van der Waals surface area contributed by atoms with Crippen LogP contribution in [0.15, 0.2) is 0 Å². The van der Waals surface area contributed by atoms with Crippen molar-refractivity contribution in [1.29, 1.82) is 0 Å². The highest BCUT2D eigenvalue weighted by atomic mass is 35.5. The number of carboxylic acids is 1. The molecule has 26 heavy (non-hydrogen) atoms. The highest BCUT2D eigenvalue weighted by Crippen LogP contribution is 2.52. The Morgan fingerprint density at radius 1 is 1.27 bits per heavy atom. The molecule has 4 atom stereocenters. The second-order valence-electron chi connectivity index (χ2n) is 5.93. The van der Waals surface area contributed by atoms with Gasteiger partial charge in [0, 0.05) is 5.92 Å². The summed E-state index contributed by atoms with van der Waals surface area (Å²) in [5.74, 6) is -3.01. The summed E-state index contributed by atoms with van der Waals surface area (Å²) in [5.41, 5.74) is 9.36. The van der Waals surface area contributed by atoms with Gasteiger partial charge in [-0.2, -0.15) is 9.59 Å². The molecule has 1 heterocycles. The summed E-state index contributed by atoms with van der Waals surface area (Å²) in [7, 11) is -3.45. The fourth-order valence-electron chi connectivity index (χ4n) is 2.97. The Morgan fingerprint density at radius 3 is 2.15 bits per heavy atom. The summed E-state index contributed by atoms with van der Waals surface area (Å²) < 4.78 is 23.7. The Labute approximate surface area is 163 Å². The lowest BCUT2D eigenvalue weighted by Crippen LogP contribution is -2.61. The summed E-state index contributed by atoms with van der Waals surface area (Å²) >= 11 is 0. The first-order chi connectivity index (χ1) is 11.2. The largest absolute Gasteiger partial charge is 0.479 e. The van der Waals surface area contributed by atoms with Crippen LogP contribution < -0.4 is 16.8 Å². The Bertz CT molecular complexity index is 640. The van der Waals surface area contributed by atoms with Crippen molar-refractivity contribution in [2.75, 3.05) is 12.3 Å². The van der Waals surface area contributed by atoms with E-state index in [4.69, 9.17) is 21.1 Å². The zero-order valence-corrected chi connectivity index (χ0v) is 16.2. The predicted octanol–water partition coefficient (Wildman–Crippen LogP) is -1.54. The van der Waals surface area contributed by atoms with Gasteiger partial charge in [0.2, 0.25) is 5.91 Å². The number of carbonyl (C=O) groups excluding carboxylic acids is 3. The van der Waals surface area contributed by atoms with Gasteiger partial charge in [-0.25, -0.2) is 13.2 Å². The van der Waals surface area contributed by atoms with E-state index in [0.29, 0.717) is 19.4 Å². The molecule has 2 fully saturated rings. The summed E-state index contributed by atoms with van der Waals surface area (Å²) in [6.07, 6.45) is 2.32. The van der Waals surface area contributed by atoms with E-state index in [9.17, 15) is 23.1 Å². The van der Waals surface area contributed by atoms with E-state index < -0.39 is 50.2 Å². The standard InChI is InChI=1S/C12H21N3O5S.CO2.2ClH/c13-4-2-1-3-8(14)10(16)15-12(11(17)18)6-21(19,20)9-5-7(9)12;2-1-3;;/h7-9H,1-6,13-14H2,(H,15,16)(H,17,18);;2*1H/t7-,8+,9+,12+;;;/m1.../s1. The van der Waals surface area contributed by atoms with Crippen LogP contribution in [0.3, 0.4) is 0 Å². The quantitative estimate of drug-likeness (QED) is 0.343. The molecule has 6 N–H and O–H groups in total. The van der Waals surface area contributed by atoms with Crippen LogP contribution in [0.4, 0.5) is 0 Å². The minimum Gasteiger partial charge on any atom is -0.479 e. The number of sulfone groups is 1. The van der Waals surface area contributed by atoms with Crippen LogP contribution in [-0.2, 0) is 29.0 Å². The third-order valence-electron chi connectivity index (χ3n) is 4.29. The number of carboxylic acid groups (broad SMARTS) is 1. The molecule has 13 heteroatoms. The third kappa shape index (κ3) is 5.90. The number of hydrogen-bond acceptors (Lipinski definition) is 8. The first kappa shape index (κ1) is 27.0. The third-order valence-corrected chi connectivity index (χ3v) is 6.59. The minimum absolute atomic E-state index is 0. The van der Waals surface area contributed by atoms with Crippen molar-refractivity contribution in [3.63, 3.8) is 0 Å². The monoisotopic (exact) mass is 435 g/mol. The van der Waals surface area contributed by atoms with Crippen molar-refractivity contribution in [1.82, 2.24) is 5.32 Å². The van der Waals surface area contributed by atoms with E-state index in [-0.39, 0.29) is 37.4 Å². The van der Waals surface area contributed by atoms with Crippen molar-refractivity contribution in [3.05, 3.63) is 0 Å². The van der Waals surface area contributed by atoms with Gasteiger partial charge < -0.3 is 21.9 Å². The maximum absolute atomic E-state index is 12.1. The lowest BCUT2D eigenvalue weighted by molar-refractivity contribution is -0.191. The van der Waals surface area contributed by atoms with E-state index in [2.05, 4.69) is 5.32 Å². The normalized spacial score (nSPS) is 27.8. The van der Waals surface area contributed by atoms with Gasteiger partial charge in [0.25, 0.3) is 0 Å². The summed E-state index contributed by atoms with van der Waals surface area (Å²) in [6.45, 7) is 0.495. The fourth-order valence-corrected chi connectivity index (χ4v) is 5.47. The van der Waals surface area contributed by atoms with Gasteiger partial charge in [-0.3, -0.25) is 4.79 Å². The van der Waals surface area contributed by atoms with Gasteiger partial charge in [-0.05, 0) is 25.8 Å². The van der Waals surface area contributed by atoms with Crippen molar-refractivity contribution in [2.45, 2.75) is 42.5 Å². The van der Waals surface area contributed by atoms with Gasteiger partial charge in [-0.1, -0.05) is 6.42 Å². The van der Waals surface area contributed by atoms with E-state index in [0.717, 1.165) is 6.42 Å². The maximum Gasteiger partial charge on any atom is 0.373 e. The Morgan fingerprint density at radius 2 is 1.81 bits per heavy atom. The van der Waals surface area contributed by atoms with Crippen LogP contribution in [-0.4, -0.2) is 60.7 Å². The zero-order valence-electron chi connectivity index (χ0n) is 13.8. The number of carbonyl (C=O) groups is 2. The van der Waals surface area contributed by atoms with E-state index >= 15 is 0 Å². The number of halogens is 2. The number of nitrogens with two attached hydrogens (primary N) is 2. The van der Waals surface area contributed by atoms with Crippen LogP contribution in [0, 0.1) is 5.92 Å². The molecule has 1 saturated heterocycles.